The Hall–Kier alpha value is -1.55. The van der Waals surface area contributed by atoms with E-state index in [1.165, 1.54) is 25.7 Å². The van der Waals surface area contributed by atoms with Gasteiger partial charge in [0.05, 0.1) is 11.0 Å². The Morgan fingerprint density at radius 2 is 2.00 bits per heavy atom. The van der Waals surface area contributed by atoms with E-state index in [1.54, 1.807) is 0 Å². The smallest absolute Gasteiger partial charge is 0.201 e. The quantitative estimate of drug-likeness (QED) is 0.889. The number of para-hydroxylation sites is 2. The summed E-state index contributed by atoms with van der Waals surface area (Å²) in [5.74, 6) is 0.903. The number of benzene rings is 1. The van der Waals surface area contributed by atoms with E-state index in [9.17, 15) is 0 Å². The van der Waals surface area contributed by atoms with Gasteiger partial charge < -0.3 is 15.2 Å². The van der Waals surface area contributed by atoms with E-state index in [4.69, 9.17) is 0 Å². The van der Waals surface area contributed by atoms with Crippen molar-refractivity contribution in [1.29, 1.82) is 0 Å². The first-order valence-electron chi connectivity index (χ1n) is 7.12. The second kappa shape index (κ2) is 5.21. The average Bonchev–Trinajstić information content (AvgIpc) is 2.81. The molecular formula is C15H22N4. The molecule has 2 N–H and O–H groups in total. The van der Waals surface area contributed by atoms with Gasteiger partial charge in [-0.15, -0.1) is 0 Å². The van der Waals surface area contributed by atoms with E-state index in [0.717, 1.165) is 17.0 Å². The summed E-state index contributed by atoms with van der Waals surface area (Å²) in [7, 11) is 4.34. The lowest BCUT2D eigenvalue weighted by Gasteiger charge is -2.36. The number of hydrogen-bond donors (Lipinski definition) is 2. The Kier molecular flexibility index (Phi) is 3.42. The maximum Gasteiger partial charge on any atom is 0.201 e. The van der Waals surface area contributed by atoms with Crippen molar-refractivity contribution in [1.82, 2.24) is 14.9 Å². The average molecular weight is 258 g/mol. The third kappa shape index (κ3) is 2.59. The first-order valence-corrected chi connectivity index (χ1v) is 7.12. The third-order valence-electron chi connectivity index (χ3n) is 4.10. The second-order valence-corrected chi connectivity index (χ2v) is 5.67. The molecule has 1 fully saturated rings. The van der Waals surface area contributed by atoms with Gasteiger partial charge in [-0.1, -0.05) is 25.0 Å². The first kappa shape index (κ1) is 12.5. The molecule has 1 aliphatic rings. The van der Waals surface area contributed by atoms with Gasteiger partial charge in [0, 0.05) is 12.1 Å². The number of likely N-dealkylation sites (N-methyl/N-ethyl adjacent to an activating group) is 1. The molecule has 1 aliphatic carbocycles. The number of nitrogens with zero attached hydrogens (tertiary/aromatic N) is 2. The highest BCUT2D eigenvalue weighted by atomic mass is 15.2. The van der Waals surface area contributed by atoms with Crippen molar-refractivity contribution in [2.24, 2.45) is 0 Å². The molecule has 4 heteroatoms. The SMILES string of the molecule is CN(C)C1CCCCC1Nc1nc2ccccc2[nH]1. The van der Waals surface area contributed by atoms with Crippen LogP contribution in [0.1, 0.15) is 25.7 Å². The fraction of sp³-hybridized carbons (Fsp3) is 0.533. The summed E-state index contributed by atoms with van der Waals surface area (Å²) >= 11 is 0. The molecule has 0 saturated heterocycles. The van der Waals surface area contributed by atoms with Crippen LogP contribution in [0.4, 0.5) is 5.95 Å². The Morgan fingerprint density at radius 3 is 2.79 bits per heavy atom. The van der Waals surface area contributed by atoms with Crippen molar-refractivity contribution >= 4 is 17.0 Å². The van der Waals surface area contributed by atoms with Gasteiger partial charge in [-0.25, -0.2) is 4.98 Å². The van der Waals surface area contributed by atoms with Crippen molar-refractivity contribution in [3.63, 3.8) is 0 Å². The minimum atomic E-state index is 0.490. The van der Waals surface area contributed by atoms with E-state index < -0.39 is 0 Å². The number of fused-ring (bicyclic) bond motifs is 1. The molecule has 1 aromatic heterocycles. The summed E-state index contributed by atoms with van der Waals surface area (Å²) in [6.45, 7) is 0. The molecule has 2 aromatic rings. The van der Waals surface area contributed by atoms with Crippen LogP contribution < -0.4 is 5.32 Å². The van der Waals surface area contributed by atoms with Crippen molar-refractivity contribution in [3.8, 4) is 0 Å². The minimum Gasteiger partial charge on any atom is -0.351 e. The highest BCUT2D eigenvalue weighted by Gasteiger charge is 2.27. The molecule has 3 rings (SSSR count). The number of H-pyrrole nitrogens is 1. The predicted molar refractivity (Wildman–Crippen MR) is 79.4 cm³/mol. The number of aromatic nitrogens is 2. The van der Waals surface area contributed by atoms with Crippen LogP contribution in [-0.2, 0) is 0 Å². The second-order valence-electron chi connectivity index (χ2n) is 5.67. The summed E-state index contributed by atoms with van der Waals surface area (Å²) in [6, 6.07) is 9.26. The highest BCUT2D eigenvalue weighted by Crippen LogP contribution is 2.25. The lowest BCUT2D eigenvalue weighted by atomic mass is 9.90. The summed E-state index contributed by atoms with van der Waals surface area (Å²) in [6.07, 6.45) is 5.13. The van der Waals surface area contributed by atoms with Gasteiger partial charge in [-0.2, -0.15) is 0 Å². The summed E-state index contributed by atoms with van der Waals surface area (Å²) in [4.78, 5) is 10.3. The maximum absolute atomic E-state index is 4.62. The van der Waals surface area contributed by atoms with Crippen LogP contribution in [0.2, 0.25) is 0 Å². The van der Waals surface area contributed by atoms with Gasteiger partial charge >= 0.3 is 0 Å². The van der Waals surface area contributed by atoms with Gasteiger partial charge in [0.15, 0.2) is 0 Å². The lowest BCUT2D eigenvalue weighted by molar-refractivity contribution is 0.211. The predicted octanol–water partition coefficient (Wildman–Crippen LogP) is 2.85. The molecule has 1 aromatic carbocycles. The van der Waals surface area contributed by atoms with Gasteiger partial charge in [0.25, 0.3) is 0 Å². The molecule has 2 unspecified atom stereocenters. The van der Waals surface area contributed by atoms with Crippen LogP contribution in [0.5, 0.6) is 0 Å². The van der Waals surface area contributed by atoms with Gasteiger partial charge in [0.1, 0.15) is 0 Å². The molecule has 4 nitrogen and oxygen atoms in total. The normalized spacial score (nSPS) is 23.9. The zero-order valence-corrected chi connectivity index (χ0v) is 11.7. The molecule has 102 valence electrons. The largest absolute Gasteiger partial charge is 0.351 e. The molecule has 0 bridgehead atoms. The van der Waals surface area contributed by atoms with E-state index in [-0.39, 0.29) is 0 Å². The van der Waals surface area contributed by atoms with E-state index >= 15 is 0 Å². The summed E-state index contributed by atoms with van der Waals surface area (Å²) in [5, 5.41) is 3.59. The van der Waals surface area contributed by atoms with Crippen molar-refractivity contribution < 1.29 is 0 Å². The molecule has 1 heterocycles. The molecule has 0 spiro atoms. The molecule has 1 saturated carbocycles. The van der Waals surface area contributed by atoms with Gasteiger partial charge in [0.2, 0.25) is 5.95 Å². The zero-order valence-electron chi connectivity index (χ0n) is 11.7. The first-order chi connectivity index (χ1) is 9.24. The molecule has 0 amide bonds. The van der Waals surface area contributed by atoms with Crippen molar-refractivity contribution in [2.75, 3.05) is 19.4 Å². The topological polar surface area (TPSA) is 44.0 Å². The monoisotopic (exact) mass is 258 g/mol. The number of anilines is 1. The standard InChI is InChI=1S/C15H22N4/c1-19(2)14-10-6-5-9-13(14)18-15-16-11-7-3-4-8-12(11)17-15/h3-4,7-8,13-14H,5-6,9-10H2,1-2H3,(H2,16,17,18). The van der Waals surface area contributed by atoms with Gasteiger partial charge in [-0.3, -0.25) is 0 Å². The maximum atomic E-state index is 4.62. The van der Waals surface area contributed by atoms with Crippen LogP contribution in [0, 0.1) is 0 Å². The van der Waals surface area contributed by atoms with Gasteiger partial charge in [-0.05, 0) is 39.1 Å². The highest BCUT2D eigenvalue weighted by molar-refractivity contribution is 5.77. The number of imidazole rings is 1. The lowest BCUT2D eigenvalue weighted by Crippen LogP contribution is -2.45. The van der Waals surface area contributed by atoms with Crippen LogP contribution in [-0.4, -0.2) is 41.0 Å². The van der Waals surface area contributed by atoms with E-state index in [0.29, 0.717) is 12.1 Å². The number of aromatic amines is 1. The number of rotatable bonds is 3. The number of nitrogens with one attached hydrogen (secondary N) is 2. The van der Waals surface area contributed by atoms with Crippen LogP contribution in [0.25, 0.3) is 11.0 Å². The molecule has 0 radical (unpaired) electrons. The fourth-order valence-corrected chi connectivity index (χ4v) is 3.09. The Morgan fingerprint density at radius 1 is 1.21 bits per heavy atom. The Balaban J connectivity index is 1.79. The molecular weight excluding hydrogens is 236 g/mol. The Labute approximate surface area is 114 Å². The van der Waals surface area contributed by atoms with Crippen molar-refractivity contribution in [2.45, 2.75) is 37.8 Å². The molecule has 19 heavy (non-hydrogen) atoms. The summed E-state index contributed by atoms with van der Waals surface area (Å²) in [5.41, 5.74) is 2.13. The summed E-state index contributed by atoms with van der Waals surface area (Å²) < 4.78 is 0. The van der Waals surface area contributed by atoms with Crippen molar-refractivity contribution in [3.05, 3.63) is 24.3 Å². The zero-order chi connectivity index (χ0) is 13.2. The van der Waals surface area contributed by atoms with E-state index in [2.05, 4.69) is 40.3 Å². The van der Waals surface area contributed by atoms with E-state index in [1.807, 2.05) is 18.2 Å². The minimum absolute atomic E-state index is 0.490. The van der Waals surface area contributed by atoms with Crippen LogP contribution >= 0.6 is 0 Å². The molecule has 0 aliphatic heterocycles. The third-order valence-corrected chi connectivity index (χ3v) is 4.10. The molecule has 2 atom stereocenters. The Bertz CT molecular complexity index is 513. The van der Waals surface area contributed by atoms with Crippen LogP contribution in [0.3, 0.4) is 0 Å². The van der Waals surface area contributed by atoms with Crippen LogP contribution in [0.15, 0.2) is 24.3 Å². The fourth-order valence-electron chi connectivity index (χ4n) is 3.09. The number of hydrogen-bond acceptors (Lipinski definition) is 3.